The molecule has 0 saturated heterocycles. The van der Waals surface area contributed by atoms with E-state index in [4.69, 9.17) is 0 Å². The minimum atomic E-state index is 0.125. The Balaban J connectivity index is 0.000000561. The number of halogens is 1. The standard InChI is InChI=1S/C9H10O.CH3F/c1-7-3-5-9(6-4-7)8(2)10;1-2/h3-6H,1-2H3;1H3. The first-order valence-electron chi connectivity index (χ1n) is 3.65. The number of aryl methyl sites for hydroxylation is 1. The van der Waals surface area contributed by atoms with Crippen molar-refractivity contribution in [2.75, 3.05) is 7.18 Å². The van der Waals surface area contributed by atoms with Crippen molar-refractivity contribution in [1.82, 2.24) is 0 Å². The maximum atomic E-state index is 10.8. The molecule has 12 heavy (non-hydrogen) atoms. The lowest BCUT2D eigenvalue weighted by Gasteiger charge is -1.93. The van der Waals surface area contributed by atoms with Crippen LogP contribution in [0.5, 0.6) is 0 Å². The van der Waals surface area contributed by atoms with E-state index in [2.05, 4.69) is 0 Å². The number of hydrogen-bond donors (Lipinski definition) is 0. The Morgan fingerprint density at radius 2 is 1.58 bits per heavy atom. The van der Waals surface area contributed by atoms with Gasteiger partial charge in [-0.15, -0.1) is 0 Å². The van der Waals surface area contributed by atoms with Gasteiger partial charge in [-0.1, -0.05) is 29.8 Å². The van der Waals surface area contributed by atoms with Crippen LogP contribution in [0.4, 0.5) is 4.39 Å². The molecule has 0 bridgehead atoms. The van der Waals surface area contributed by atoms with Gasteiger partial charge in [0.2, 0.25) is 0 Å². The third-order valence-electron chi connectivity index (χ3n) is 1.46. The molecule has 1 rings (SSSR count). The molecule has 1 aromatic carbocycles. The van der Waals surface area contributed by atoms with E-state index >= 15 is 0 Å². The summed E-state index contributed by atoms with van der Waals surface area (Å²) in [6.07, 6.45) is 0. The first kappa shape index (κ1) is 10.8. The molecule has 0 atom stereocenters. The molecule has 0 saturated carbocycles. The van der Waals surface area contributed by atoms with E-state index in [-0.39, 0.29) is 5.78 Å². The van der Waals surface area contributed by atoms with Gasteiger partial charge < -0.3 is 0 Å². The normalized spacial score (nSPS) is 8.33. The van der Waals surface area contributed by atoms with Crippen molar-refractivity contribution in [3.8, 4) is 0 Å². The van der Waals surface area contributed by atoms with Gasteiger partial charge in [0.25, 0.3) is 0 Å². The van der Waals surface area contributed by atoms with Gasteiger partial charge in [-0.3, -0.25) is 9.18 Å². The first-order chi connectivity index (χ1) is 5.70. The summed E-state index contributed by atoms with van der Waals surface area (Å²) < 4.78 is 9.50. The number of benzene rings is 1. The molecule has 0 aliphatic carbocycles. The molecule has 0 spiro atoms. The maximum absolute atomic E-state index is 10.8. The predicted octanol–water partition coefficient (Wildman–Crippen LogP) is 2.78. The molecule has 0 N–H and O–H groups in total. The fourth-order valence-corrected chi connectivity index (χ4v) is 0.788. The van der Waals surface area contributed by atoms with Gasteiger partial charge in [0.1, 0.15) is 0 Å². The molecule has 1 nitrogen and oxygen atoms in total. The average molecular weight is 168 g/mol. The van der Waals surface area contributed by atoms with Crippen LogP contribution in [0.2, 0.25) is 0 Å². The lowest BCUT2D eigenvalue weighted by Crippen LogP contribution is -1.90. The number of ketones is 1. The van der Waals surface area contributed by atoms with E-state index in [0.29, 0.717) is 7.18 Å². The Bertz CT molecular complexity index is 239. The van der Waals surface area contributed by atoms with Crippen molar-refractivity contribution >= 4 is 5.78 Å². The van der Waals surface area contributed by atoms with Gasteiger partial charge in [-0.05, 0) is 13.8 Å². The minimum absolute atomic E-state index is 0.125. The molecule has 66 valence electrons. The molecule has 0 fully saturated rings. The number of rotatable bonds is 1. The monoisotopic (exact) mass is 168 g/mol. The highest BCUT2D eigenvalue weighted by Gasteiger charge is 1.95. The van der Waals surface area contributed by atoms with Crippen LogP contribution in [0.1, 0.15) is 22.8 Å². The van der Waals surface area contributed by atoms with Gasteiger partial charge in [0.15, 0.2) is 5.78 Å². The molecule has 2 heteroatoms. The molecule has 0 heterocycles. The molecule has 0 radical (unpaired) electrons. The van der Waals surface area contributed by atoms with Crippen LogP contribution < -0.4 is 0 Å². The van der Waals surface area contributed by atoms with Gasteiger partial charge in [0, 0.05) is 5.56 Å². The second-order valence-electron chi connectivity index (χ2n) is 2.42. The van der Waals surface area contributed by atoms with Gasteiger partial charge >= 0.3 is 0 Å². The largest absolute Gasteiger partial charge is 0.295 e. The summed E-state index contributed by atoms with van der Waals surface area (Å²) in [7, 11) is 0.500. The fourth-order valence-electron chi connectivity index (χ4n) is 0.788. The van der Waals surface area contributed by atoms with Crippen LogP contribution in [-0.2, 0) is 0 Å². The summed E-state index contributed by atoms with van der Waals surface area (Å²) in [6.45, 7) is 3.58. The Labute approximate surface area is 72.2 Å². The molecular weight excluding hydrogens is 155 g/mol. The van der Waals surface area contributed by atoms with E-state index in [1.165, 1.54) is 5.56 Å². The van der Waals surface area contributed by atoms with Crippen molar-refractivity contribution in [3.63, 3.8) is 0 Å². The van der Waals surface area contributed by atoms with Crippen LogP contribution in [0, 0.1) is 6.92 Å². The first-order valence-corrected chi connectivity index (χ1v) is 3.65. The molecular formula is C10H13FO. The number of carbonyl (C=O) groups is 1. The van der Waals surface area contributed by atoms with Crippen LogP contribution in [-0.4, -0.2) is 13.0 Å². The van der Waals surface area contributed by atoms with E-state index in [1.54, 1.807) is 6.92 Å². The zero-order chi connectivity index (χ0) is 9.56. The average Bonchev–Trinajstić information content (AvgIpc) is 2.09. The molecule has 0 aromatic heterocycles. The summed E-state index contributed by atoms with van der Waals surface area (Å²) >= 11 is 0. The lowest BCUT2D eigenvalue weighted by molar-refractivity contribution is 0.101. The zero-order valence-electron chi connectivity index (χ0n) is 7.60. The highest BCUT2D eigenvalue weighted by atomic mass is 19.1. The summed E-state index contributed by atoms with van der Waals surface area (Å²) in [5, 5.41) is 0. The maximum Gasteiger partial charge on any atom is 0.159 e. The van der Waals surface area contributed by atoms with E-state index in [1.807, 2.05) is 31.2 Å². The summed E-state index contributed by atoms with van der Waals surface area (Å²) in [5.41, 5.74) is 1.97. The van der Waals surface area contributed by atoms with E-state index in [0.717, 1.165) is 5.56 Å². The quantitative estimate of drug-likeness (QED) is 0.589. The minimum Gasteiger partial charge on any atom is -0.295 e. The zero-order valence-corrected chi connectivity index (χ0v) is 7.60. The van der Waals surface area contributed by atoms with Crippen molar-refractivity contribution in [2.24, 2.45) is 0 Å². The second-order valence-corrected chi connectivity index (χ2v) is 2.42. The number of Topliss-reactive ketones (excluding diaryl/α,β-unsaturated/α-hetero) is 1. The molecule has 0 aliphatic rings. The summed E-state index contributed by atoms with van der Waals surface area (Å²) in [6, 6.07) is 7.57. The third-order valence-corrected chi connectivity index (χ3v) is 1.46. The number of hydrogen-bond acceptors (Lipinski definition) is 1. The highest BCUT2D eigenvalue weighted by Crippen LogP contribution is 2.02. The van der Waals surface area contributed by atoms with Gasteiger partial charge in [0.05, 0.1) is 7.18 Å². The van der Waals surface area contributed by atoms with Crippen LogP contribution in [0.15, 0.2) is 24.3 Å². The topological polar surface area (TPSA) is 17.1 Å². The van der Waals surface area contributed by atoms with E-state index in [9.17, 15) is 9.18 Å². The van der Waals surface area contributed by atoms with Gasteiger partial charge in [-0.25, -0.2) is 0 Å². The van der Waals surface area contributed by atoms with E-state index < -0.39 is 0 Å². The molecule has 0 aliphatic heterocycles. The Morgan fingerprint density at radius 3 is 1.92 bits per heavy atom. The molecule has 0 amide bonds. The van der Waals surface area contributed by atoms with Crippen LogP contribution in [0.25, 0.3) is 0 Å². The summed E-state index contributed by atoms with van der Waals surface area (Å²) in [4.78, 5) is 10.8. The lowest BCUT2D eigenvalue weighted by atomic mass is 10.1. The smallest absolute Gasteiger partial charge is 0.159 e. The predicted molar refractivity (Wildman–Crippen MR) is 48.2 cm³/mol. The Hall–Kier alpha value is -1.18. The van der Waals surface area contributed by atoms with Crippen molar-refractivity contribution < 1.29 is 9.18 Å². The molecule has 0 unspecified atom stereocenters. The number of alkyl halides is 1. The number of carbonyl (C=O) groups excluding carboxylic acids is 1. The van der Waals surface area contributed by atoms with Crippen LogP contribution in [0.3, 0.4) is 0 Å². The second kappa shape index (κ2) is 5.47. The summed E-state index contributed by atoms with van der Waals surface area (Å²) in [5.74, 6) is 0.125. The molecule has 1 aromatic rings. The highest BCUT2D eigenvalue weighted by molar-refractivity contribution is 5.93. The van der Waals surface area contributed by atoms with Crippen molar-refractivity contribution in [3.05, 3.63) is 35.4 Å². The van der Waals surface area contributed by atoms with Gasteiger partial charge in [-0.2, -0.15) is 0 Å². The van der Waals surface area contributed by atoms with Crippen molar-refractivity contribution in [1.29, 1.82) is 0 Å². The SMILES string of the molecule is CC(=O)c1ccc(C)cc1.CF. The Morgan fingerprint density at radius 1 is 1.17 bits per heavy atom. The third kappa shape index (κ3) is 3.28. The van der Waals surface area contributed by atoms with Crippen LogP contribution >= 0.6 is 0 Å². The fraction of sp³-hybridized carbons (Fsp3) is 0.300. The van der Waals surface area contributed by atoms with Crippen molar-refractivity contribution in [2.45, 2.75) is 13.8 Å². The Kier molecular flexibility index (Phi) is 4.93.